The predicted octanol–water partition coefficient (Wildman–Crippen LogP) is 3.47. The van der Waals surface area contributed by atoms with Gasteiger partial charge in [0.05, 0.1) is 30.0 Å². The summed E-state index contributed by atoms with van der Waals surface area (Å²) in [4.78, 5) is 25.0. The third-order valence-corrected chi connectivity index (χ3v) is 4.55. The molecule has 7 heteroatoms. The van der Waals surface area contributed by atoms with Crippen LogP contribution in [0.2, 0.25) is 10.0 Å². The van der Waals surface area contributed by atoms with E-state index in [1.54, 1.807) is 25.1 Å². The molecule has 2 rings (SSSR count). The van der Waals surface area contributed by atoms with Crippen LogP contribution < -0.4 is 0 Å². The smallest absolute Gasteiger partial charge is 0.333 e. The Morgan fingerprint density at radius 3 is 2.71 bits per heavy atom. The Morgan fingerprint density at radius 2 is 2.10 bits per heavy atom. The molecule has 1 heterocycles. The number of hydrogen-bond acceptors (Lipinski definition) is 4. The van der Waals surface area contributed by atoms with Crippen LogP contribution in [0.1, 0.15) is 12.5 Å². The first kappa shape index (κ1) is 16.2. The lowest BCUT2D eigenvalue weighted by Crippen LogP contribution is -2.24. The molecule has 0 radical (unpaired) electrons. The third kappa shape index (κ3) is 3.93. The van der Waals surface area contributed by atoms with Gasteiger partial charge in [-0.1, -0.05) is 41.0 Å². The minimum absolute atomic E-state index is 0.0912. The van der Waals surface area contributed by atoms with E-state index in [-0.39, 0.29) is 24.8 Å². The first-order valence-corrected chi connectivity index (χ1v) is 8.01. The van der Waals surface area contributed by atoms with Crippen molar-refractivity contribution in [1.82, 2.24) is 4.90 Å². The fraction of sp³-hybridized carbons (Fsp3) is 0.286. The van der Waals surface area contributed by atoms with Gasteiger partial charge in [-0.3, -0.25) is 4.79 Å². The largest absolute Gasteiger partial charge is 0.463 e. The van der Waals surface area contributed by atoms with Gasteiger partial charge in [0.15, 0.2) is 0 Å². The van der Waals surface area contributed by atoms with Crippen molar-refractivity contribution >= 4 is 46.8 Å². The summed E-state index contributed by atoms with van der Waals surface area (Å²) < 4.78 is 4.87. The van der Waals surface area contributed by atoms with Crippen molar-refractivity contribution < 1.29 is 14.3 Å². The van der Waals surface area contributed by atoms with Crippen LogP contribution in [0, 0.1) is 0 Å². The van der Waals surface area contributed by atoms with E-state index in [0.717, 1.165) is 0 Å². The van der Waals surface area contributed by atoms with Gasteiger partial charge < -0.3 is 9.64 Å². The first-order chi connectivity index (χ1) is 10.0. The van der Waals surface area contributed by atoms with E-state index in [4.69, 9.17) is 27.9 Å². The molecule has 0 spiro atoms. The lowest BCUT2D eigenvalue weighted by molar-refractivity contribution is -0.137. The van der Waals surface area contributed by atoms with Crippen molar-refractivity contribution in [1.29, 1.82) is 0 Å². The number of rotatable bonds is 4. The zero-order valence-electron chi connectivity index (χ0n) is 11.3. The highest BCUT2D eigenvalue weighted by Gasteiger charge is 2.28. The average Bonchev–Trinajstić information content (AvgIpc) is 2.75. The molecule has 0 bridgehead atoms. The number of esters is 1. The molecule has 4 nitrogen and oxygen atoms in total. The number of nitrogens with zero attached hydrogens (tertiary/aromatic N) is 1. The van der Waals surface area contributed by atoms with Crippen LogP contribution in [0.15, 0.2) is 29.3 Å². The lowest BCUT2D eigenvalue weighted by Gasteiger charge is -2.18. The fourth-order valence-corrected chi connectivity index (χ4v) is 3.27. The number of amides is 1. The third-order valence-electron chi connectivity index (χ3n) is 2.82. The second-order valence-electron chi connectivity index (χ2n) is 4.20. The average molecular weight is 346 g/mol. The van der Waals surface area contributed by atoms with Gasteiger partial charge in [-0.05, 0) is 19.1 Å². The number of ether oxygens (including phenoxy) is 1. The molecule has 1 aliphatic heterocycles. The molecule has 0 aromatic heterocycles. The molecule has 0 atom stereocenters. The zero-order valence-corrected chi connectivity index (χ0v) is 13.6. The number of thioether (sulfide) groups is 1. The van der Waals surface area contributed by atoms with E-state index in [2.05, 4.69) is 0 Å². The van der Waals surface area contributed by atoms with Crippen LogP contribution in [0.3, 0.4) is 0 Å². The van der Waals surface area contributed by atoms with E-state index >= 15 is 0 Å². The maximum absolute atomic E-state index is 12.0. The molecule has 0 unspecified atom stereocenters. The maximum Gasteiger partial charge on any atom is 0.333 e. The van der Waals surface area contributed by atoms with Crippen LogP contribution in [-0.4, -0.2) is 29.1 Å². The highest BCUT2D eigenvalue weighted by atomic mass is 35.5. The molecular weight excluding hydrogens is 333 g/mol. The van der Waals surface area contributed by atoms with Gasteiger partial charge >= 0.3 is 5.97 Å². The first-order valence-electron chi connectivity index (χ1n) is 6.27. The summed E-state index contributed by atoms with van der Waals surface area (Å²) in [6, 6.07) is 5.17. The van der Waals surface area contributed by atoms with Gasteiger partial charge in [-0.2, -0.15) is 0 Å². The van der Waals surface area contributed by atoms with Crippen LogP contribution in [0.4, 0.5) is 0 Å². The van der Waals surface area contributed by atoms with E-state index < -0.39 is 5.97 Å². The summed E-state index contributed by atoms with van der Waals surface area (Å²) in [5.41, 5.74) is 0.659. The summed E-state index contributed by atoms with van der Waals surface area (Å²) >= 11 is 13.5. The standard InChI is InChI=1S/C14H13Cl2NO3S/c1-2-20-14(19)6-13-17(12(18)8-21-13)7-9-10(15)4-3-5-11(9)16/h3-6H,2,7-8H2,1H3/b13-6-. The Labute approximate surface area is 137 Å². The van der Waals surface area contributed by atoms with Crippen LogP contribution in [-0.2, 0) is 20.9 Å². The zero-order chi connectivity index (χ0) is 15.4. The minimum atomic E-state index is -0.468. The van der Waals surface area contributed by atoms with E-state index in [1.807, 2.05) is 0 Å². The normalized spacial score (nSPS) is 16.6. The molecule has 0 N–H and O–H groups in total. The lowest BCUT2D eigenvalue weighted by atomic mass is 10.2. The molecular formula is C14H13Cl2NO3S. The summed E-state index contributed by atoms with van der Waals surface area (Å²) in [7, 11) is 0. The molecule has 1 saturated heterocycles. The molecule has 21 heavy (non-hydrogen) atoms. The second-order valence-corrected chi connectivity index (χ2v) is 6.01. The number of carbonyl (C=O) groups excluding carboxylic acids is 2. The SMILES string of the molecule is CCOC(=O)/C=C1\SCC(=O)N1Cc1c(Cl)cccc1Cl. The summed E-state index contributed by atoms with van der Waals surface area (Å²) in [6.07, 6.45) is 1.32. The van der Waals surface area contributed by atoms with Gasteiger partial charge in [0.1, 0.15) is 0 Å². The van der Waals surface area contributed by atoms with Crippen molar-refractivity contribution in [3.8, 4) is 0 Å². The highest BCUT2D eigenvalue weighted by molar-refractivity contribution is 8.04. The fourth-order valence-electron chi connectivity index (χ4n) is 1.83. The van der Waals surface area contributed by atoms with E-state index in [9.17, 15) is 9.59 Å². The maximum atomic E-state index is 12.0. The topological polar surface area (TPSA) is 46.6 Å². The van der Waals surface area contributed by atoms with Crippen LogP contribution >= 0.6 is 35.0 Å². The summed E-state index contributed by atoms with van der Waals surface area (Å²) in [5.74, 6) is -0.274. The number of benzene rings is 1. The van der Waals surface area contributed by atoms with Crippen LogP contribution in [0.5, 0.6) is 0 Å². The summed E-state index contributed by atoms with van der Waals surface area (Å²) in [6.45, 7) is 2.25. The Hall–Kier alpha value is -1.17. The Bertz CT molecular complexity index is 584. The van der Waals surface area contributed by atoms with Crippen molar-refractivity contribution in [2.24, 2.45) is 0 Å². The van der Waals surface area contributed by atoms with Crippen molar-refractivity contribution in [3.05, 3.63) is 44.9 Å². The summed E-state index contributed by atoms with van der Waals surface area (Å²) in [5, 5.41) is 1.53. The Morgan fingerprint density at radius 1 is 1.43 bits per heavy atom. The second kappa shape index (κ2) is 7.20. The number of carbonyl (C=O) groups is 2. The Kier molecular flexibility index (Phi) is 5.56. The number of halogens is 2. The van der Waals surface area contributed by atoms with Crippen molar-refractivity contribution in [2.75, 3.05) is 12.4 Å². The highest BCUT2D eigenvalue weighted by Crippen LogP contribution is 2.33. The molecule has 112 valence electrons. The van der Waals surface area contributed by atoms with Gasteiger partial charge in [-0.15, -0.1) is 0 Å². The molecule has 0 saturated carbocycles. The minimum Gasteiger partial charge on any atom is -0.463 e. The molecule has 1 fully saturated rings. The quantitative estimate of drug-likeness (QED) is 0.619. The van der Waals surface area contributed by atoms with Gasteiger partial charge in [0.25, 0.3) is 0 Å². The van der Waals surface area contributed by atoms with Crippen molar-refractivity contribution in [3.63, 3.8) is 0 Å². The van der Waals surface area contributed by atoms with E-state index in [1.165, 1.54) is 22.7 Å². The Balaban J connectivity index is 2.24. The molecule has 1 aliphatic rings. The monoisotopic (exact) mass is 345 g/mol. The van der Waals surface area contributed by atoms with Gasteiger partial charge in [0.2, 0.25) is 5.91 Å². The van der Waals surface area contributed by atoms with Gasteiger partial charge in [-0.25, -0.2) is 4.79 Å². The van der Waals surface area contributed by atoms with Crippen LogP contribution in [0.25, 0.3) is 0 Å². The predicted molar refractivity (Wildman–Crippen MR) is 84.2 cm³/mol. The molecule has 1 aromatic carbocycles. The van der Waals surface area contributed by atoms with Gasteiger partial charge in [0, 0.05) is 15.6 Å². The molecule has 1 amide bonds. The molecule has 1 aromatic rings. The van der Waals surface area contributed by atoms with Crippen molar-refractivity contribution in [2.45, 2.75) is 13.5 Å². The number of hydrogen-bond donors (Lipinski definition) is 0. The molecule has 0 aliphatic carbocycles. The van der Waals surface area contributed by atoms with E-state index in [0.29, 0.717) is 20.6 Å².